The molecule has 3 unspecified atom stereocenters. The van der Waals surface area contributed by atoms with Crippen molar-refractivity contribution in [3.8, 4) is 0 Å². The van der Waals surface area contributed by atoms with Gasteiger partial charge in [0.25, 0.3) is 0 Å². The first-order valence-electron chi connectivity index (χ1n) is 6.16. The lowest BCUT2D eigenvalue weighted by Crippen LogP contribution is -2.65. The monoisotopic (exact) mass is 195 g/mol. The van der Waals surface area contributed by atoms with Gasteiger partial charge in [-0.25, -0.2) is 0 Å². The van der Waals surface area contributed by atoms with E-state index in [4.69, 9.17) is 0 Å². The van der Waals surface area contributed by atoms with Crippen LogP contribution in [0.2, 0.25) is 0 Å². The van der Waals surface area contributed by atoms with Crippen molar-refractivity contribution in [2.45, 2.75) is 50.7 Å². The van der Waals surface area contributed by atoms with Crippen LogP contribution in [0.1, 0.15) is 39.0 Å². The highest BCUT2D eigenvalue weighted by Gasteiger charge is 2.49. The summed E-state index contributed by atoms with van der Waals surface area (Å²) in [6.45, 7) is 3.98. The molecule has 3 rings (SSSR count). The van der Waals surface area contributed by atoms with Crippen LogP contribution in [0.15, 0.2) is 0 Å². The van der Waals surface area contributed by atoms with Gasteiger partial charge in [0.15, 0.2) is 0 Å². The number of aliphatic hydroxyl groups is 1. The molecule has 0 radical (unpaired) electrons. The highest BCUT2D eigenvalue weighted by atomic mass is 16.3. The number of likely N-dealkylation sites (tertiary alicyclic amines) is 1. The lowest BCUT2D eigenvalue weighted by Gasteiger charge is -2.51. The smallest absolute Gasteiger partial charge is 0.0897 e. The predicted molar refractivity (Wildman–Crippen MR) is 56.0 cm³/mol. The van der Waals surface area contributed by atoms with Gasteiger partial charge in [0, 0.05) is 19.1 Å². The lowest BCUT2D eigenvalue weighted by atomic mass is 9.85. The molecule has 0 aromatic carbocycles. The molecule has 1 N–H and O–H groups in total. The van der Waals surface area contributed by atoms with Gasteiger partial charge in [-0.3, -0.25) is 4.90 Å². The summed E-state index contributed by atoms with van der Waals surface area (Å²) in [6, 6.07) is 0.834. The van der Waals surface area contributed by atoms with Crippen LogP contribution in [0.3, 0.4) is 0 Å². The van der Waals surface area contributed by atoms with Crippen molar-refractivity contribution in [2.75, 3.05) is 13.1 Å². The van der Waals surface area contributed by atoms with Crippen molar-refractivity contribution in [1.82, 2.24) is 4.90 Å². The molecule has 1 saturated heterocycles. The third kappa shape index (κ3) is 1.24. The maximum Gasteiger partial charge on any atom is 0.0897 e. The maximum atomic E-state index is 9.98. The molecular formula is C12H21NO. The Morgan fingerprint density at radius 1 is 1.29 bits per heavy atom. The third-order valence-corrected chi connectivity index (χ3v) is 4.82. The van der Waals surface area contributed by atoms with Gasteiger partial charge >= 0.3 is 0 Å². The molecule has 3 aliphatic rings. The van der Waals surface area contributed by atoms with E-state index in [0.717, 1.165) is 37.4 Å². The zero-order valence-electron chi connectivity index (χ0n) is 9.08. The summed E-state index contributed by atoms with van der Waals surface area (Å²) >= 11 is 0. The number of rotatable bonds is 2. The van der Waals surface area contributed by atoms with Crippen LogP contribution in [-0.4, -0.2) is 34.7 Å². The summed E-state index contributed by atoms with van der Waals surface area (Å²) in [5.74, 6) is 2.00. The molecule has 3 fully saturated rings. The molecule has 2 saturated carbocycles. The third-order valence-electron chi connectivity index (χ3n) is 4.82. The Balaban J connectivity index is 1.60. The first-order chi connectivity index (χ1) is 6.70. The van der Waals surface area contributed by atoms with Crippen LogP contribution in [0.25, 0.3) is 0 Å². The second-order valence-corrected chi connectivity index (χ2v) is 5.73. The zero-order chi connectivity index (χ0) is 9.76. The van der Waals surface area contributed by atoms with Gasteiger partial charge in [0.2, 0.25) is 0 Å². The molecule has 3 atom stereocenters. The van der Waals surface area contributed by atoms with Gasteiger partial charge in [0.05, 0.1) is 5.60 Å². The quantitative estimate of drug-likeness (QED) is 0.724. The summed E-state index contributed by atoms with van der Waals surface area (Å²) in [7, 11) is 0. The molecule has 0 amide bonds. The Hall–Kier alpha value is -0.0800. The molecule has 2 heteroatoms. The van der Waals surface area contributed by atoms with Crippen LogP contribution < -0.4 is 0 Å². The normalized spacial score (nSPS) is 45.4. The van der Waals surface area contributed by atoms with E-state index in [1.54, 1.807) is 0 Å². The summed E-state index contributed by atoms with van der Waals surface area (Å²) in [5.41, 5.74) is -0.332. The van der Waals surface area contributed by atoms with Crippen molar-refractivity contribution < 1.29 is 5.11 Å². The van der Waals surface area contributed by atoms with E-state index in [1.165, 1.54) is 25.7 Å². The topological polar surface area (TPSA) is 23.5 Å². The molecule has 2 nitrogen and oxygen atoms in total. The van der Waals surface area contributed by atoms with Crippen molar-refractivity contribution in [3.05, 3.63) is 0 Å². The lowest BCUT2D eigenvalue weighted by molar-refractivity contribution is -0.124. The average molecular weight is 195 g/mol. The number of fused-ring (bicyclic) bond motifs is 2. The van der Waals surface area contributed by atoms with E-state index < -0.39 is 0 Å². The van der Waals surface area contributed by atoms with Crippen molar-refractivity contribution in [2.24, 2.45) is 11.8 Å². The van der Waals surface area contributed by atoms with Gasteiger partial charge in [0.1, 0.15) is 0 Å². The molecular weight excluding hydrogens is 174 g/mol. The first-order valence-corrected chi connectivity index (χ1v) is 6.16. The molecule has 2 bridgehead atoms. The Kier molecular flexibility index (Phi) is 1.94. The van der Waals surface area contributed by atoms with Gasteiger partial charge in [-0.05, 0) is 37.5 Å². The molecule has 1 aliphatic heterocycles. The molecule has 14 heavy (non-hydrogen) atoms. The van der Waals surface area contributed by atoms with Crippen molar-refractivity contribution >= 4 is 0 Å². The average Bonchev–Trinajstić information content (AvgIpc) is 2.73. The summed E-state index contributed by atoms with van der Waals surface area (Å²) in [6.07, 6.45) is 6.75. The van der Waals surface area contributed by atoms with Gasteiger partial charge in [-0.2, -0.15) is 0 Å². The van der Waals surface area contributed by atoms with Crippen LogP contribution in [0.5, 0.6) is 0 Å². The largest absolute Gasteiger partial charge is 0.387 e. The van der Waals surface area contributed by atoms with E-state index in [-0.39, 0.29) is 5.60 Å². The molecule has 1 heterocycles. The van der Waals surface area contributed by atoms with Crippen LogP contribution in [0, 0.1) is 11.8 Å². The highest BCUT2D eigenvalue weighted by Crippen LogP contribution is 2.48. The fraction of sp³-hybridized carbons (Fsp3) is 1.00. The second kappa shape index (κ2) is 2.96. The minimum absolute atomic E-state index is 0.332. The minimum Gasteiger partial charge on any atom is -0.387 e. The summed E-state index contributed by atoms with van der Waals surface area (Å²) < 4.78 is 0. The number of hydrogen-bond acceptors (Lipinski definition) is 2. The van der Waals surface area contributed by atoms with Crippen LogP contribution in [0.4, 0.5) is 0 Å². The van der Waals surface area contributed by atoms with Gasteiger partial charge in [-0.15, -0.1) is 0 Å². The predicted octanol–water partition coefficient (Wildman–Crippen LogP) is 1.63. The van der Waals surface area contributed by atoms with E-state index in [0.29, 0.717) is 0 Å². The summed E-state index contributed by atoms with van der Waals surface area (Å²) in [5, 5.41) is 9.98. The summed E-state index contributed by atoms with van der Waals surface area (Å²) in [4.78, 5) is 2.54. The minimum atomic E-state index is -0.332. The number of hydrogen-bond donors (Lipinski definition) is 1. The Bertz CT molecular complexity index is 234. The zero-order valence-corrected chi connectivity index (χ0v) is 9.08. The highest BCUT2D eigenvalue weighted by molar-refractivity contribution is 5.03. The van der Waals surface area contributed by atoms with Gasteiger partial charge < -0.3 is 5.11 Å². The van der Waals surface area contributed by atoms with Crippen molar-refractivity contribution in [1.29, 1.82) is 0 Å². The standard InChI is InChI=1S/C12H21NO/c1-2-12(14)7-13(8-12)11-6-9-3-4-10(11)5-9/h9-11,14H,2-8H2,1H3. The van der Waals surface area contributed by atoms with E-state index in [2.05, 4.69) is 11.8 Å². The number of nitrogens with zero attached hydrogens (tertiary/aromatic N) is 1. The maximum absolute atomic E-state index is 9.98. The first kappa shape index (κ1) is 9.17. The number of β-amino-alcohol motifs (C(OH)–C–C–N with tert-alkyl or cyclic N) is 1. The van der Waals surface area contributed by atoms with E-state index >= 15 is 0 Å². The van der Waals surface area contributed by atoms with Crippen LogP contribution in [-0.2, 0) is 0 Å². The molecule has 80 valence electrons. The van der Waals surface area contributed by atoms with E-state index in [1.807, 2.05) is 0 Å². The fourth-order valence-corrected chi connectivity index (χ4v) is 3.83. The molecule has 0 aromatic rings. The molecule has 0 aromatic heterocycles. The van der Waals surface area contributed by atoms with E-state index in [9.17, 15) is 5.11 Å². The Morgan fingerprint density at radius 3 is 2.57 bits per heavy atom. The van der Waals surface area contributed by atoms with Crippen molar-refractivity contribution in [3.63, 3.8) is 0 Å². The SMILES string of the molecule is CCC1(O)CN(C2CC3CCC2C3)C1. The van der Waals surface area contributed by atoms with Crippen LogP contribution >= 0.6 is 0 Å². The fourth-order valence-electron chi connectivity index (χ4n) is 3.83. The Morgan fingerprint density at radius 2 is 2.07 bits per heavy atom. The Labute approximate surface area is 86.3 Å². The second-order valence-electron chi connectivity index (χ2n) is 5.73. The van der Waals surface area contributed by atoms with Gasteiger partial charge in [-0.1, -0.05) is 13.3 Å². The molecule has 2 aliphatic carbocycles. The molecule has 0 spiro atoms.